The Kier molecular flexibility index (Phi) is 10.0. The Hall–Kier alpha value is -3.10. The van der Waals surface area contributed by atoms with Crippen molar-refractivity contribution >= 4 is 11.9 Å². The molecule has 2 atom stereocenters. The van der Waals surface area contributed by atoms with Crippen molar-refractivity contribution in [1.29, 1.82) is 0 Å². The number of carbonyl (C=O) groups excluding carboxylic acids is 2. The van der Waals surface area contributed by atoms with Crippen molar-refractivity contribution < 1.29 is 28.2 Å². The summed E-state index contributed by atoms with van der Waals surface area (Å²) in [5.41, 5.74) is 2.97. The molecule has 2 aromatic rings. The highest BCUT2D eigenvalue weighted by atomic mass is 19.1. The van der Waals surface area contributed by atoms with Gasteiger partial charge in [-0.1, -0.05) is 50.6 Å². The smallest absolute Gasteiger partial charge is 0.330 e. The average Bonchev–Trinajstić information content (AvgIpc) is 2.90. The number of halogens is 2. The van der Waals surface area contributed by atoms with E-state index in [2.05, 4.69) is 49.6 Å². The van der Waals surface area contributed by atoms with Crippen molar-refractivity contribution in [2.75, 3.05) is 20.7 Å². The molecule has 1 amide bonds. The van der Waals surface area contributed by atoms with Crippen LogP contribution >= 0.6 is 0 Å². The first-order valence-electron chi connectivity index (χ1n) is 13.3. The third-order valence-electron chi connectivity index (χ3n) is 7.63. The standard InChI is InChI=1S/C31H40F2N2O4/c1-30(2,3)22-7-6-8-23(17-22)31(11-9-20(10-12-31)16-28(37)39-5)35-19-27(36)26(29(38)34-4)15-21-13-24(32)18-25(33)14-21/h6-8,13-14,16-18,26-27,35-36H,9-12,15,19H2,1-5H3,(H,34,38). The highest BCUT2D eigenvalue weighted by molar-refractivity contribution is 5.82. The molecule has 3 N–H and O–H groups in total. The topological polar surface area (TPSA) is 87.7 Å². The number of allylic oxidation sites excluding steroid dienone is 1. The first-order valence-corrected chi connectivity index (χ1v) is 13.3. The lowest BCUT2D eigenvalue weighted by molar-refractivity contribution is -0.135. The lowest BCUT2D eigenvalue weighted by Gasteiger charge is -2.41. The Bertz CT molecular complexity index is 1180. The summed E-state index contributed by atoms with van der Waals surface area (Å²) >= 11 is 0. The number of hydrogen-bond donors (Lipinski definition) is 3. The van der Waals surface area contributed by atoms with Gasteiger partial charge in [-0.2, -0.15) is 0 Å². The molecule has 0 radical (unpaired) electrons. The van der Waals surface area contributed by atoms with Gasteiger partial charge in [0.05, 0.1) is 19.1 Å². The number of benzene rings is 2. The first kappa shape index (κ1) is 30.4. The molecular weight excluding hydrogens is 502 g/mol. The maximum atomic E-state index is 13.8. The Morgan fingerprint density at radius 3 is 2.31 bits per heavy atom. The lowest BCUT2D eigenvalue weighted by atomic mass is 9.73. The molecule has 0 aliphatic heterocycles. The molecule has 1 fully saturated rings. The fourth-order valence-corrected chi connectivity index (χ4v) is 5.23. The minimum atomic E-state index is -1.12. The normalized spacial score (nSPS) is 19.2. The van der Waals surface area contributed by atoms with Crippen molar-refractivity contribution in [2.24, 2.45) is 5.92 Å². The third kappa shape index (κ3) is 7.96. The van der Waals surface area contributed by atoms with Crippen LogP contribution < -0.4 is 10.6 Å². The van der Waals surface area contributed by atoms with Gasteiger partial charge in [-0.25, -0.2) is 13.6 Å². The molecule has 212 valence electrons. The Labute approximate surface area is 229 Å². The number of esters is 1. The number of nitrogens with one attached hydrogen (secondary N) is 2. The number of hydrogen-bond acceptors (Lipinski definition) is 5. The highest BCUT2D eigenvalue weighted by Gasteiger charge is 2.37. The van der Waals surface area contributed by atoms with Gasteiger partial charge >= 0.3 is 5.97 Å². The molecule has 2 aromatic carbocycles. The van der Waals surface area contributed by atoms with E-state index in [1.165, 1.54) is 31.9 Å². The van der Waals surface area contributed by atoms with Crippen molar-refractivity contribution in [2.45, 2.75) is 69.9 Å². The van der Waals surface area contributed by atoms with Crippen LogP contribution in [0.2, 0.25) is 0 Å². The minimum absolute atomic E-state index is 0.0181. The molecule has 6 nitrogen and oxygen atoms in total. The number of carbonyl (C=O) groups is 2. The zero-order valence-corrected chi connectivity index (χ0v) is 23.4. The van der Waals surface area contributed by atoms with Crippen molar-refractivity contribution in [3.05, 3.63) is 82.4 Å². The molecule has 1 saturated carbocycles. The van der Waals surface area contributed by atoms with E-state index in [4.69, 9.17) is 4.74 Å². The van der Waals surface area contributed by atoms with Gasteiger partial charge < -0.3 is 20.5 Å². The van der Waals surface area contributed by atoms with Crippen LogP contribution in [0.5, 0.6) is 0 Å². The van der Waals surface area contributed by atoms with Crippen molar-refractivity contribution in [3.63, 3.8) is 0 Å². The summed E-state index contributed by atoms with van der Waals surface area (Å²) in [5, 5.41) is 17.3. The molecule has 1 aliphatic rings. The lowest BCUT2D eigenvalue weighted by Crippen LogP contribution is -2.50. The van der Waals surface area contributed by atoms with Gasteiger partial charge in [-0.15, -0.1) is 0 Å². The summed E-state index contributed by atoms with van der Waals surface area (Å²) in [7, 11) is 2.83. The van der Waals surface area contributed by atoms with E-state index in [0.717, 1.165) is 17.2 Å². The summed E-state index contributed by atoms with van der Waals surface area (Å²) in [6.45, 7) is 6.54. The average molecular weight is 543 g/mol. The monoisotopic (exact) mass is 542 g/mol. The number of ether oxygens (including phenoxy) is 1. The summed E-state index contributed by atoms with van der Waals surface area (Å²) in [4.78, 5) is 24.5. The largest absolute Gasteiger partial charge is 0.466 e. The molecule has 3 rings (SSSR count). The second kappa shape index (κ2) is 12.8. The van der Waals surface area contributed by atoms with E-state index in [9.17, 15) is 23.5 Å². The number of amides is 1. The maximum Gasteiger partial charge on any atom is 0.330 e. The number of rotatable bonds is 9. The van der Waals surface area contributed by atoms with E-state index < -0.39 is 35.1 Å². The van der Waals surface area contributed by atoms with Gasteiger partial charge in [0.1, 0.15) is 11.6 Å². The van der Waals surface area contributed by atoms with E-state index in [1.807, 2.05) is 6.07 Å². The zero-order valence-electron chi connectivity index (χ0n) is 23.4. The molecular formula is C31H40F2N2O4. The molecule has 1 aliphatic carbocycles. The van der Waals surface area contributed by atoms with E-state index in [1.54, 1.807) is 6.08 Å². The van der Waals surface area contributed by atoms with Gasteiger partial charge in [0.15, 0.2) is 0 Å². The van der Waals surface area contributed by atoms with Gasteiger partial charge in [-0.3, -0.25) is 4.79 Å². The van der Waals surface area contributed by atoms with E-state index in [-0.39, 0.29) is 24.3 Å². The molecule has 0 aromatic heterocycles. The van der Waals surface area contributed by atoms with Crippen LogP contribution in [0.25, 0.3) is 0 Å². The minimum Gasteiger partial charge on any atom is -0.466 e. The van der Waals surface area contributed by atoms with E-state index >= 15 is 0 Å². The predicted molar refractivity (Wildman–Crippen MR) is 147 cm³/mol. The number of aliphatic hydroxyl groups excluding tert-OH is 1. The first-order chi connectivity index (χ1) is 18.4. The maximum absolute atomic E-state index is 13.8. The SMILES string of the molecule is CNC(=O)C(Cc1cc(F)cc(F)c1)C(O)CNC1(c2cccc(C(C)(C)C)c2)CCC(=CC(=O)OC)CC1. The van der Waals surface area contributed by atoms with Gasteiger partial charge in [-0.05, 0) is 66.3 Å². The molecule has 39 heavy (non-hydrogen) atoms. The van der Waals surface area contributed by atoms with E-state index in [0.29, 0.717) is 31.2 Å². The van der Waals surface area contributed by atoms with Crippen LogP contribution in [-0.4, -0.2) is 43.8 Å². The van der Waals surface area contributed by atoms with Crippen LogP contribution in [0.3, 0.4) is 0 Å². The van der Waals surface area contributed by atoms with Crippen LogP contribution in [0.4, 0.5) is 8.78 Å². The molecule has 2 unspecified atom stereocenters. The molecule has 0 heterocycles. The van der Waals surface area contributed by atoms with Crippen LogP contribution in [-0.2, 0) is 31.7 Å². The fourth-order valence-electron chi connectivity index (χ4n) is 5.23. The van der Waals surface area contributed by atoms with Gasteiger partial charge in [0.25, 0.3) is 0 Å². The van der Waals surface area contributed by atoms with Crippen molar-refractivity contribution in [1.82, 2.24) is 10.6 Å². The third-order valence-corrected chi connectivity index (χ3v) is 7.63. The van der Waals surface area contributed by atoms with Crippen LogP contribution in [0, 0.1) is 17.6 Å². The fraction of sp³-hybridized carbons (Fsp3) is 0.484. The van der Waals surface area contributed by atoms with Crippen LogP contribution in [0.1, 0.15) is 63.1 Å². The quantitative estimate of drug-likeness (QED) is 0.316. The Morgan fingerprint density at radius 1 is 1.10 bits per heavy atom. The molecule has 0 saturated heterocycles. The zero-order chi connectivity index (χ0) is 28.8. The molecule has 8 heteroatoms. The molecule has 0 bridgehead atoms. The summed E-state index contributed by atoms with van der Waals surface area (Å²) < 4.78 is 32.4. The predicted octanol–water partition coefficient (Wildman–Crippen LogP) is 4.69. The van der Waals surface area contributed by atoms with Gasteiger partial charge in [0.2, 0.25) is 5.91 Å². The summed E-state index contributed by atoms with van der Waals surface area (Å²) in [6.07, 6.45) is 3.09. The number of aliphatic hydroxyl groups is 1. The van der Waals surface area contributed by atoms with Crippen LogP contribution in [0.15, 0.2) is 54.1 Å². The summed E-state index contributed by atoms with van der Waals surface area (Å²) in [5.74, 6) is -3.17. The second-order valence-electron chi connectivity index (χ2n) is 11.4. The highest BCUT2D eigenvalue weighted by Crippen LogP contribution is 2.41. The number of methoxy groups -OCH3 is 1. The summed E-state index contributed by atoms with van der Waals surface area (Å²) in [6, 6.07) is 11.5. The Balaban J connectivity index is 1.88. The molecule has 0 spiro atoms. The van der Waals surface area contributed by atoms with Crippen molar-refractivity contribution in [3.8, 4) is 0 Å². The van der Waals surface area contributed by atoms with Gasteiger partial charge in [0, 0.05) is 31.3 Å². The Morgan fingerprint density at radius 2 is 1.74 bits per heavy atom. The second-order valence-corrected chi connectivity index (χ2v) is 11.4.